The van der Waals surface area contributed by atoms with Crippen molar-refractivity contribution in [2.45, 2.75) is 64.5 Å². The van der Waals surface area contributed by atoms with Crippen LogP contribution in [0, 0.1) is 6.92 Å². The molecule has 44 heavy (non-hydrogen) atoms. The maximum absolute atomic E-state index is 13.8. The lowest BCUT2D eigenvalue weighted by molar-refractivity contribution is -0.131. The van der Waals surface area contributed by atoms with Gasteiger partial charge in [-0.05, 0) is 93.3 Å². The summed E-state index contributed by atoms with van der Waals surface area (Å²) in [5.74, 6) is -0.501. The van der Waals surface area contributed by atoms with E-state index in [0.717, 1.165) is 63.4 Å². The maximum Gasteiger partial charge on any atom is 0.328 e. The molecule has 2 aromatic carbocycles. The number of hydrogen-bond acceptors (Lipinski definition) is 4. The molecule has 2 N–H and O–H groups in total. The number of nitrogens with zero attached hydrogens (tertiary/aromatic N) is 4. The van der Waals surface area contributed by atoms with Crippen LogP contribution in [0.3, 0.4) is 0 Å². The van der Waals surface area contributed by atoms with Crippen molar-refractivity contribution in [3.8, 4) is 11.4 Å². The van der Waals surface area contributed by atoms with E-state index in [1.807, 2.05) is 67.9 Å². The predicted octanol–water partition coefficient (Wildman–Crippen LogP) is 7.82. The van der Waals surface area contributed by atoms with E-state index in [9.17, 15) is 9.59 Å². The Labute approximate surface area is 261 Å². The van der Waals surface area contributed by atoms with Gasteiger partial charge in [0.15, 0.2) is 0 Å². The standard InChI is InChI=1S/C35H36ClN5O3/c1-21-26-19-23(12-16-29(26)41(25-8-6-5-7-9-25)32(21)28-15-13-24(36)20-37-28)33(44)39-35(2,3)34-38-27-14-10-22(11-17-31(42)43)18-30(27)40(34)4/h10-20,25H,5-9H2,1-4H3,(H,39,44)(H,42,43)/b17-11+. The summed E-state index contributed by atoms with van der Waals surface area (Å²) < 4.78 is 4.38. The lowest BCUT2D eigenvalue weighted by Gasteiger charge is -2.27. The highest BCUT2D eigenvalue weighted by Gasteiger charge is 2.30. The summed E-state index contributed by atoms with van der Waals surface area (Å²) in [5.41, 5.74) is 6.32. The molecule has 5 aromatic rings. The van der Waals surface area contributed by atoms with Gasteiger partial charge < -0.3 is 19.6 Å². The summed E-state index contributed by atoms with van der Waals surface area (Å²) in [4.78, 5) is 34.2. The highest BCUT2D eigenvalue weighted by Crippen LogP contribution is 2.40. The fourth-order valence-corrected chi connectivity index (χ4v) is 6.73. The number of imidazole rings is 1. The van der Waals surface area contributed by atoms with E-state index < -0.39 is 11.5 Å². The van der Waals surface area contributed by atoms with Gasteiger partial charge in [-0.1, -0.05) is 36.9 Å². The number of nitrogens with one attached hydrogen (secondary N) is 1. The second kappa shape index (κ2) is 11.6. The van der Waals surface area contributed by atoms with Gasteiger partial charge in [0.25, 0.3) is 5.91 Å². The average molecular weight is 610 g/mol. The Hall–Kier alpha value is -4.43. The molecule has 0 aliphatic heterocycles. The lowest BCUT2D eigenvalue weighted by atomic mass is 9.95. The first-order valence-corrected chi connectivity index (χ1v) is 15.4. The van der Waals surface area contributed by atoms with Crippen molar-refractivity contribution >= 4 is 51.5 Å². The van der Waals surface area contributed by atoms with Crippen molar-refractivity contribution in [2.24, 2.45) is 7.05 Å². The largest absolute Gasteiger partial charge is 0.478 e. The number of aliphatic carboxylic acids is 1. The third-order valence-electron chi connectivity index (χ3n) is 8.74. The molecule has 0 bridgehead atoms. The first-order chi connectivity index (χ1) is 21.0. The zero-order chi connectivity index (χ0) is 31.2. The molecule has 3 heterocycles. The molecule has 0 radical (unpaired) electrons. The minimum Gasteiger partial charge on any atom is -0.478 e. The minimum absolute atomic E-state index is 0.190. The fourth-order valence-electron chi connectivity index (χ4n) is 6.62. The van der Waals surface area contributed by atoms with Crippen LogP contribution in [-0.4, -0.2) is 36.1 Å². The molecule has 226 valence electrons. The Morgan fingerprint density at radius 1 is 1.05 bits per heavy atom. The van der Waals surface area contributed by atoms with E-state index in [4.69, 9.17) is 21.7 Å². The number of benzene rings is 2. The van der Waals surface area contributed by atoms with E-state index in [2.05, 4.69) is 27.9 Å². The molecule has 0 atom stereocenters. The predicted molar refractivity (Wildman–Crippen MR) is 175 cm³/mol. The molecule has 1 aliphatic rings. The highest BCUT2D eigenvalue weighted by molar-refractivity contribution is 6.30. The molecule has 0 saturated heterocycles. The molecule has 1 amide bonds. The van der Waals surface area contributed by atoms with Crippen molar-refractivity contribution in [2.75, 3.05) is 0 Å². The van der Waals surface area contributed by atoms with Gasteiger partial charge >= 0.3 is 5.97 Å². The third kappa shape index (κ3) is 5.50. The van der Waals surface area contributed by atoms with Crippen LogP contribution in [0.1, 0.15) is 79.3 Å². The normalized spacial score (nSPS) is 14.6. The van der Waals surface area contributed by atoms with Crippen LogP contribution in [0.2, 0.25) is 5.02 Å². The summed E-state index contributed by atoms with van der Waals surface area (Å²) in [5, 5.41) is 13.8. The van der Waals surface area contributed by atoms with Crippen molar-refractivity contribution in [3.05, 3.63) is 88.3 Å². The number of carboxylic acids is 1. The van der Waals surface area contributed by atoms with Crippen LogP contribution >= 0.6 is 11.6 Å². The molecule has 9 heteroatoms. The van der Waals surface area contributed by atoms with Crippen LogP contribution in [0.15, 0.2) is 60.8 Å². The Balaban J connectivity index is 1.35. The number of amides is 1. The number of hydrogen-bond donors (Lipinski definition) is 2. The van der Waals surface area contributed by atoms with Crippen LogP contribution in [0.4, 0.5) is 0 Å². The minimum atomic E-state index is -1.00. The second-order valence-electron chi connectivity index (χ2n) is 12.2. The van der Waals surface area contributed by atoms with Crippen molar-refractivity contribution in [1.29, 1.82) is 0 Å². The van der Waals surface area contributed by atoms with Crippen molar-refractivity contribution < 1.29 is 14.7 Å². The summed E-state index contributed by atoms with van der Waals surface area (Å²) in [6.45, 7) is 5.98. The van der Waals surface area contributed by atoms with E-state index in [-0.39, 0.29) is 5.91 Å². The molecular weight excluding hydrogens is 574 g/mol. The molecule has 1 aliphatic carbocycles. The van der Waals surface area contributed by atoms with Gasteiger partial charge in [0, 0.05) is 41.8 Å². The van der Waals surface area contributed by atoms with Gasteiger partial charge in [-0.15, -0.1) is 0 Å². The smallest absolute Gasteiger partial charge is 0.328 e. The lowest BCUT2D eigenvalue weighted by Crippen LogP contribution is -2.42. The van der Waals surface area contributed by atoms with Gasteiger partial charge in [0.1, 0.15) is 5.82 Å². The topological polar surface area (TPSA) is 102 Å². The van der Waals surface area contributed by atoms with Gasteiger partial charge in [0.2, 0.25) is 0 Å². The molecule has 3 aromatic heterocycles. The number of aromatic nitrogens is 4. The van der Waals surface area contributed by atoms with Crippen LogP contribution < -0.4 is 5.32 Å². The van der Waals surface area contributed by atoms with E-state index in [0.29, 0.717) is 22.5 Å². The number of halogens is 1. The van der Waals surface area contributed by atoms with Crippen molar-refractivity contribution in [1.82, 2.24) is 24.4 Å². The van der Waals surface area contributed by atoms with Crippen LogP contribution in [-0.2, 0) is 17.4 Å². The number of aryl methyl sites for hydroxylation is 2. The molecule has 0 spiro atoms. The van der Waals surface area contributed by atoms with Gasteiger partial charge in [0.05, 0.1) is 33.0 Å². The number of pyridine rings is 1. The van der Waals surface area contributed by atoms with E-state index in [1.165, 1.54) is 19.3 Å². The zero-order valence-electron chi connectivity index (χ0n) is 25.4. The number of carbonyl (C=O) groups excluding carboxylic acids is 1. The summed E-state index contributed by atoms with van der Waals surface area (Å²) in [6, 6.07) is 15.8. The second-order valence-corrected chi connectivity index (χ2v) is 12.7. The fraction of sp³-hybridized carbons (Fsp3) is 0.314. The Bertz CT molecular complexity index is 1930. The summed E-state index contributed by atoms with van der Waals surface area (Å²) in [7, 11) is 1.90. The number of carboxylic acid groups (broad SMARTS) is 1. The van der Waals surface area contributed by atoms with Gasteiger partial charge in [-0.25, -0.2) is 9.78 Å². The maximum atomic E-state index is 13.8. The Kier molecular flexibility index (Phi) is 7.80. The first-order valence-electron chi connectivity index (χ1n) is 15.0. The molecular formula is C35H36ClN5O3. The quantitative estimate of drug-likeness (QED) is 0.183. The highest BCUT2D eigenvalue weighted by atomic mass is 35.5. The number of rotatable bonds is 7. The summed E-state index contributed by atoms with van der Waals surface area (Å²) >= 11 is 6.18. The Morgan fingerprint density at radius 2 is 1.82 bits per heavy atom. The zero-order valence-corrected chi connectivity index (χ0v) is 26.2. The van der Waals surface area contributed by atoms with Crippen molar-refractivity contribution in [3.63, 3.8) is 0 Å². The van der Waals surface area contributed by atoms with E-state index in [1.54, 1.807) is 12.3 Å². The third-order valence-corrected chi connectivity index (χ3v) is 8.96. The van der Waals surface area contributed by atoms with Gasteiger partial charge in [-0.3, -0.25) is 9.78 Å². The average Bonchev–Trinajstić information content (AvgIpc) is 3.50. The van der Waals surface area contributed by atoms with E-state index >= 15 is 0 Å². The van der Waals surface area contributed by atoms with Crippen LogP contribution in [0.25, 0.3) is 39.4 Å². The number of carbonyl (C=O) groups is 2. The van der Waals surface area contributed by atoms with Gasteiger partial charge in [-0.2, -0.15) is 0 Å². The monoisotopic (exact) mass is 609 g/mol. The Morgan fingerprint density at radius 3 is 2.52 bits per heavy atom. The summed E-state index contributed by atoms with van der Waals surface area (Å²) in [6.07, 6.45) is 10.3. The van der Waals surface area contributed by atoms with Crippen LogP contribution in [0.5, 0.6) is 0 Å². The molecule has 0 unspecified atom stereocenters. The molecule has 1 saturated carbocycles. The SMILES string of the molecule is Cc1c(-c2ccc(Cl)cn2)n(C2CCCCC2)c2ccc(C(=O)NC(C)(C)c3nc4ccc(/C=C/C(=O)O)cc4n3C)cc12. The molecule has 1 fully saturated rings. The first kappa shape index (κ1) is 29.6. The molecule has 8 nitrogen and oxygen atoms in total. The number of fused-ring (bicyclic) bond motifs is 2. The molecule has 6 rings (SSSR count).